The van der Waals surface area contributed by atoms with Gasteiger partial charge in [0.25, 0.3) is 0 Å². The number of amides is 1. The maximum Gasteiger partial charge on any atom is 0.231 e. The number of carbonyl (C=O) groups is 1. The van der Waals surface area contributed by atoms with E-state index in [1.807, 2.05) is 18.7 Å². The molecular weight excluding hydrogens is 290 g/mol. The first kappa shape index (κ1) is 13.7. The van der Waals surface area contributed by atoms with Crippen molar-refractivity contribution in [2.75, 3.05) is 7.05 Å². The fourth-order valence-corrected chi connectivity index (χ4v) is 4.72. The first-order valence-electron chi connectivity index (χ1n) is 6.52. The summed E-state index contributed by atoms with van der Waals surface area (Å²) in [4.78, 5) is 14.6. The summed E-state index contributed by atoms with van der Waals surface area (Å²) in [5.41, 5.74) is 0.917. The zero-order valence-corrected chi connectivity index (χ0v) is 13.1. The van der Waals surface area contributed by atoms with E-state index >= 15 is 0 Å². The quantitative estimate of drug-likeness (QED) is 0.883. The van der Waals surface area contributed by atoms with E-state index in [1.165, 1.54) is 15.4 Å². The number of hydrogen-bond acceptors (Lipinski definition) is 4. The number of thiophene rings is 1. The lowest BCUT2D eigenvalue weighted by Gasteiger charge is -2.40. The highest BCUT2D eigenvalue weighted by atomic mass is 32.2. The Morgan fingerprint density at radius 1 is 1.55 bits per heavy atom. The zero-order chi connectivity index (χ0) is 14.3. The van der Waals surface area contributed by atoms with Gasteiger partial charge in [-0.2, -0.15) is 11.3 Å². The van der Waals surface area contributed by atoms with E-state index in [0.717, 1.165) is 6.42 Å². The predicted molar refractivity (Wildman–Crippen MR) is 84.0 cm³/mol. The van der Waals surface area contributed by atoms with Crippen LogP contribution in [0.25, 0.3) is 0 Å². The Hall–Kier alpha value is -1.27. The van der Waals surface area contributed by atoms with Crippen molar-refractivity contribution in [1.29, 1.82) is 5.41 Å². The van der Waals surface area contributed by atoms with Crippen LogP contribution in [0.2, 0.25) is 0 Å². The maximum atomic E-state index is 12.0. The number of nitrogens with one attached hydrogen (secondary N) is 2. The Morgan fingerprint density at radius 2 is 2.35 bits per heavy atom. The lowest BCUT2D eigenvalue weighted by Crippen LogP contribution is -2.60. The van der Waals surface area contributed by atoms with Crippen LogP contribution in [0.4, 0.5) is 0 Å². The Morgan fingerprint density at radius 3 is 3.00 bits per heavy atom. The lowest BCUT2D eigenvalue weighted by atomic mass is 9.93. The third-order valence-electron chi connectivity index (χ3n) is 3.85. The van der Waals surface area contributed by atoms with Gasteiger partial charge in [-0.1, -0.05) is 6.08 Å². The highest BCUT2D eigenvalue weighted by molar-refractivity contribution is 8.03. The molecule has 1 aromatic heterocycles. The highest BCUT2D eigenvalue weighted by Gasteiger charge is 2.41. The smallest absolute Gasteiger partial charge is 0.231 e. The molecule has 20 heavy (non-hydrogen) atoms. The Kier molecular flexibility index (Phi) is 3.38. The van der Waals surface area contributed by atoms with Crippen molar-refractivity contribution in [3.05, 3.63) is 33.4 Å². The minimum atomic E-state index is -0.434. The van der Waals surface area contributed by atoms with E-state index in [-0.39, 0.29) is 11.9 Å². The van der Waals surface area contributed by atoms with Crippen molar-refractivity contribution in [3.8, 4) is 0 Å². The number of carbonyl (C=O) groups excluding carboxylic acids is 1. The normalized spacial score (nSPS) is 30.4. The average Bonchev–Trinajstić information content (AvgIpc) is 3.06. The first-order chi connectivity index (χ1) is 9.49. The maximum absolute atomic E-state index is 12.0. The predicted octanol–water partition coefficient (Wildman–Crippen LogP) is 2.96. The third-order valence-corrected chi connectivity index (χ3v) is 6.18. The first-order valence-corrected chi connectivity index (χ1v) is 8.34. The van der Waals surface area contributed by atoms with Gasteiger partial charge in [0.05, 0.1) is 12.0 Å². The molecule has 0 radical (unpaired) electrons. The number of rotatable bonds is 2. The van der Waals surface area contributed by atoms with E-state index in [4.69, 9.17) is 5.41 Å². The van der Waals surface area contributed by atoms with Crippen molar-refractivity contribution in [3.63, 3.8) is 0 Å². The van der Waals surface area contributed by atoms with Crippen LogP contribution >= 0.6 is 23.1 Å². The Bertz CT molecular complexity index is 561. The number of hydrogen-bond donors (Lipinski definition) is 2. The molecule has 106 valence electrons. The molecule has 0 aromatic carbocycles. The second-order valence-corrected chi connectivity index (χ2v) is 7.43. The summed E-state index contributed by atoms with van der Waals surface area (Å²) in [5.74, 6) is 0.181. The van der Waals surface area contributed by atoms with Crippen molar-refractivity contribution >= 4 is 35.0 Å². The Labute approximate surface area is 126 Å². The molecule has 2 N–H and O–H groups in total. The lowest BCUT2D eigenvalue weighted by molar-refractivity contribution is -0.128. The van der Waals surface area contributed by atoms with Crippen molar-refractivity contribution in [1.82, 2.24) is 10.2 Å². The van der Waals surface area contributed by atoms with Crippen LogP contribution in [0.15, 0.2) is 27.8 Å². The second-order valence-electron chi connectivity index (χ2n) is 5.40. The van der Waals surface area contributed by atoms with Gasteiger partial charge in [-0.3, -0.25) is 15.1 Å². The van der Waals surface area contributed by atoms with E-state index in [1.54, 1.807) is 18.4 Å². The van der Waals surface area contributed by atoms with Crippen LogP contribution in [0, 0.1) is 5.41 Å². The molecule has 2 aliphatic rings. The minimum absolute atomic E-state index is 0.00302. The zero-order valence-electron chi connectivity index (χ0n) is 11.5. The van der Waals surface area contributed by atoms with Gasteiger partial charge >= 0.3 is 0 Å². The van der Waals surface area contributed by atoms with Crippen LogP contribution in [-0.2, 0) is 4.79 Å². The number of guanidine groups is 1. The molecular formula is C14H17N3OS2. The monoisotopic (exact) mass is 307 g/mol. The minimum Gasteiger partial charge on any atom is -0.346 e. The van der Waals surface area contributed by atoms with Crippen molar-refractivity contribution in [2.24, 2.45) is 0 Å². The molecule has 0 aliphatic carbocycles. The third kappa shape index (κ3) is 2.27. The standard InChI is InChI=1S/C14H17N3OS2/c1-14(7-12(18)17(2)13(15)16-14)11-4-3-10(20-11)9-5-6-19-8-9/h4-6,8,10H,3,7H2,1-2H3,(H2,15,16)/t10?,14-/m0/s1. The molecule has 1 unspecified atom stereocenters. The topological polar surface area (TPSA) is 56.2 Å². The van der Waals surface area contributed by atoms with Crippen LogP contribution in [-0.4, -0.2) is 29.4 Å². The van der Waals surface area contributed by atoms with E-state index in [9.17, 15) is 4.79 Å². The molecule has 0 saturated carbocycles. The van der Waals surface area contributed by atoms with Gasteiger partial charge in [-0.05, 0) is 35.7 Å². The summed E-state index contributed by atoms with van der Waals surface area (Å²) in [7, 11) is 1.64. The van der Waals surface area contributed by atoms with Crippen LogP contribution in [0.1, 0.15) is 30.6 Å². The van der Waals surface area contributed by atoms with Gasteiger partial charge in [0.2, 0.25) is 5.91 Å². The molecule has 2 atom stereocenters. The van der Waals surface area contributed by atoms with Gasteiger partial charge in [0, 0.05) is 17.2 Å². The van der Waals surface area contributed by atoms with Gasteiger partial charge < -0.3 is 5.32 Å². The molecule has 1 saturated heterocycles. The van der Waals surface area contributed by atoms with E-state index < -0.39 is 5.54 Å². The van der Waals surface area contributed by atoms with E-state index in [0.29, 0.717) is 11.7 Å². The van der Waals surface area contributed by atoms with Crippen LogP contribution in [0.5, 0.6) is 0 Å². The highest BCUT2D eigenvalue weighted by Crippen LogP contribution is 2.49. The SMILES string of the molecule is CN1C(=N)N[C@](C)(C2=CCC(c3ccsc3)S2)CC1=O. The number of nitrogens with zero attached hydrogens (tertiary/aromatic N) is 1. The summed E-state index contributed by atoms with van der Waals surface area (Å²) < 4.78 is 0. The van der Waals surface area contributed by atoms with Crippen molar-refractivity contribution < 1.29 is 4.79 Å². The van der Waals surface area contributed by atoms with Gasteiger partial charge in [-0.25, -0.2) is 0 Å². The molecule has 3 heterocycles. The van der Waals surface area contributed by atoms with Gasteiger partial charge in [0.15, 0.2) is 5.96 Å². The molecule has 1 aromatic rings. The van der Waals surface area contributed by atoms with E-state index in [2.05, 4.69) is 28.2 Å². The van der Waals surface area contributed by atoms with Crippen LogP contribution in [0.3, 0.4) is 0 Å². The van der Waals surface area contributed by atoms with Crippen molar-refractivity contribution in [2.45, 2.75) is 30.6 Å². The molecule has 1 fully saturated rings. The van der Waals surface area contributed by atoms with Crippen LogP contribution < -0.4 is 5.32 Å². The Balaban J connectivity index is 1.77. The molecule has 4 nitrogen and oxygen atoms in total. The molecule has 1 amide bonds. The molecule has 0 spiro atoms. The molecule has 0 bridgehead atoms. The molecule has 2 aliphatic heterocycles. The van der Waals surface area contributed by atoms with Gasteiger partial charge in [0.1, 0.15) is 0 Å². The summed E-state index contributed by atoms with van der Waals surface area (Å²) in [6.07, 6.45) is 3.61. The molecule has 6 heteroatoms. The summed E-state index contributed by atoms with van der Waals surface area (Å²) >= 11 is 3.53. The summed E-state index contributed by atoms with van der Waals surface area (Å²) in [6.45, 7) is 2.02. The summed E-state index contributed by atoms with van der Waals surface area (Å²) in [5, 5.41) is 15.8. The number of allylic oxidation sites excluding steroid dienone is 1. The fourth-order valence-electron chi connectivity index (χ4n) is 2.57. The van der Waals surface area contributed by atoms with Gasteiger partial charge in [-0.15, -0.1) is 11.8 Å². The average molecular weight is 307 g/mol. The second kappa shape index (κ2) is 4.93. The fraction of sp³-hybridized carbons (Fsp3) is 0.429. The molecule has 3 rings (SSSR count). The summed E-state index contributed by atoms with van der Waals surface area (Å²) in [6, 6.07) is 2.16. The number of thioether (sulfide) groups is 1. The largest absolute Gasteiger partial charge is 0.346 e.